The van der Waals surface area contributed by atoms with Gasteiger partial charge in [0.05, 0.1) is 6.61 Å². The summed E-state index contributed by atoms with van der Waals surface area (Å²) in [5.41, 5.74) is 0. The first-order valence-corrected chi connectivity index (χ1v) is 4.25. The van der Waals surface area contributed by atoms with Gasteiger partial charge in [-0.1, -0.05) is 24.9 Å². The molecule has 0 heterocycles. The van der Waals surface area contributed by atoms with E-state index in [2.05, 4.69) is 9.91 Å². The van der Waals surface area contributed by atoms with Crippen molar-refractivity contribution in [3.63, 3.8) is 0 Å². The van der Waals surface area contributed by atoms with E-state index in [4.69, 9.17) is 0 Å². The topological polar surface area (TPSA) is 55.7 Å². The molecule has 0 spiro atoms. The summed E-state index contributed by atoms with van der Waals surface area (Å²) in [6.07, 6.45) is 2.28. The van der Waals surface area contributed by atoms with Gasteiger partial charge in [-0.15, -0.1) is 4.91 Å². The van der Waals surface area contributed by atoms with Crippen LogP contribution in [0.1, 0.15) is 33.1 Å². The van der Waals surface area contributed by atoms with Gasteiger partial charge in [-0.2, -0.15) is 0 Å². The Hall–Kier alpha value is -0.930. The summed E-state index contributed by atoms with van der Waals surface area (Å²) < 4.78 is 4.66. The van der Waals surface area contributed by atoms with Crippen molar-refractivity contribution in [1.82, 2.24) is 0 Å². The van der Waals surface area contributed by atoms with Crippen molar-refractivity contribution in [2.24, 2.45) is 5.18 Å². The average molecular weight is 173 g/mol. The highest BCUT2D eigenvalue weighted by Crippen LogP contribution is 2.05. The van der Waals surface area contributed by atoms with Gasteiger partial charge in [0, 0.05) is 0 Å². The maximum absolute atomic E-state index is 11.0. The van der Waals surface area contributed by atoms with E-state index in [9.17, 15) is 9.70 Å². The minimum Gasteiger partial charge on any atom is -0.464 e. The third kappa shape index (κ3) is 4.05. The molecule has 0 aromatic rings. The molecular formula is C8H15NO3. The zero-order valence-electron chi connectivity index (χ0n) is 7.58. The van der Waals surface area contributed by atoms with Crippen molar-refractivity contribution in [3.05, 3.63) is 4.91 Å². The molecule has 0 aliphatic carbocycles. The number of rotatable bonds is 6. The molecule has 1 unspecified atom stereocenters. The number of hydrogen-bond acceptors (Lipinski definition) is 4. The zero-order valence-corrected chi connectivity index (χ0v) is 7.58. The number of unbranched alkanes of at least 4 members (excludes halogenated alkanes) is 1. The second-order valence-electron chi connectivity index (χ2n) is 2.52. The summed E-state index contributed by atoms with van der Waals surface area (Å²) in [5.74, 6) is -0.499. The Balaban J connectivity index is 3.79. The molecule has 70 valence electrons. The SMILES string of the molecule is CCCCC(N=O)C(=O)OCC. The number of nitroso groups, excluding NO2 is 1. The van der Waals surface area contributed by atoms with Gasteiger partial charge in [-0.25, -0.2) is 4.79 Å². The Morgan fingerprint density at radius 1 is 1.50 bits per heavy atom. The van der Waals surface area contributed by atoms with Crippen molar-refractivity contribution in [2.45, 2.75) is 39.2 Å². The van der Waals surface area contributed by atoms with Crippen LogP contribution in [-0.2, 0) is 9.53 Å². The molecule has 12 heavy (non-hydrogen) atoms. The maximum atomic E-state index is 11.0. The van der Waals surface area contributed by atoms with Crippen LogP contribution in [0.25, 0.3) is 0 Å². The van der Waals surface area contributed by atoms with Crippen molar-refractivity contribution in [2.75, 3.05) is 6.61 Å². The van der Waals surface area contributed by atoms with Crippen molar-refractivity contribution >= 4 is 5.97 Å². The molecule has 0 aromatic heterocycles. The summed E-state index contributed by atoms with van der Waals surface area (Å²) in [6, 6.07) is -0.801. The van der Waals surface area contributed by atoms with Crippen LogP contribution in [0.4, 0.5) is 0 Å². The molecule has 0 fully saturated rings. The number of nitrogens with zero attached hydrogens (tertiary/aromatic N) is 1. The van der Waals surface area contributed by atoms with E-state index in [1.165, 1.54) is 0 Å². The van der Waals surface area contributed by atoms with Crippen LogP contribution < -0.4 is 0 Å². The second kappa shape index (κ2) is 6.76. The largest absolute Gasteiger partial charge is 0.464 e. The number of hydrogen-bond donors (Lipinski definition) is 0. The average Bonchev–Trinajstić information content (AvgIpc) is 2.06. The monoisotopic (exact) mass is 173 g/mol. The lowest BCUT2D eigenvalue weighted by Gasteiger charge is -2.06. The molecule has 0 radical (unpaired) electrons. The first kappa shape index (κ1) is 11.1. The summed E-state index contributed by atoms with van der Waals surface area (Å²) in [7, 11) is 0. The smallest absolute Gasteiger partial charge is 0.334 e. The van der Waals surface area contributed by atoms with Gasteiger partial charge in [0.1, 0.15) is 0 Å². The molecule has 4 heteroatoms. The molecule has 0 bridgehead atoms. The van der Waals surface area contributed by atoms with Crippen molar-refractivity contribution in [1.29, 1.82) is 0 Å². The minimum absolute atomic E-state index is 0.303. The predicted octanol–water partition coefficient (Wildman–Crippen LogP) is 1.87. The zero-order chi connectivity index (χ0) is 9.40. The molecule has 4 nitrogen and oxygen atoms in total. The van der Waals surface area contributed by atoms with Gasteiger partial charge in [0.15, 0.2) is 6.04 Å². The summed E-state index contributed by atoms with van der Waals surface area (Å²) in [4.78, 5) is 21.1. The molecule has 0 aliphatic heterocycles. The first-order valence-electron chi connectivity index (χ1n) is 4.25. The van der Waals surface area contributed by atoms with Gasteiger partial charge in [0.25, 0.3) is 0 Å². The Bertz CT molecular complexity index is 147. The summed E-state index contributed by atoms with van der Waals surface area (Å²) in [6.45, 7) is 4.00. The standard InChI is InChI=1S/C8H15NO3/c1-3-5-6-7(9-11)8(10)12-4-2/h7H,3-6H2,1-2H3. The molecular weight excluding hydrogens is 158 g/mol. The number of ether oxygens (including phenoxy) is 1. The second-order valence-corrected chi connectivity index (χ2v) is 2.52. The molecule has 0 rings (SSSR count). The minimum atomic E-state index is -0.801. The number of carbonyl (C=O) groups is 1. The molecule has 0 aliphatic rings. The summed E-state index contributed by atoms with van der Waals surface area (Å²) >= 11 is 0. The molecule has 0 N–H and O–H groups in total. The third-order valence-corrected chi connectivity index (χ3v) is 1.52. The summed E-state index contributed by atoms with van der Waals surface area (Å²) in [5, 5.41) is 2.72. The van der Waals surface area contributed by atoms with Gasteiger partial charge in [-0.3, -0.25) is 0 Å². The Labute approximate surface area is 72.3 Å². The lowest BCUT2D eigenvalue weighted by Crippen LogP contribution is -2.20. The van der Waals surface area contributed by atoms with E-state index in [0.29, 0.717) is 13.0 Å². The van der Waals surface area contributed by atoms with Crippen LogP contribution in [-0.4, -0.2) is 18.6 Å². The molecule has 0 amide bonds. The van der Waals surface area contributed by atoms with E-state index in [0.717, 1.165) is 12.8 Å². The fourth-order valence-corrected chi connectivity index (χ4v) is 0.850. The quantitative estimate of drug-likeness (QED) is 0.455. The van der Waals surface area contributed by atoms with E-state index in [1.807, 2.05) is 6.92 Å². The van der Waals surface area contributed by atoms with Crippen molar-refractivity contribution in [3.8, 4) is 0 Å². The molecule has 1 atom stereocenters. The lowest BCUT2D eigenvalue weighted by atomic mass is 10.1. The normalized spacial score (nSPS) is 12.2. The molecule has 0 saturated carbocycles. The predicted molar refractivity (Wildman–Crippen MR) is 45.7 cm³/mol. The van der Waals surface area contributed by atoms with Crippen molar-refractivity contribution < 1.29 is 9.53 Å². The Morgan fingerprint density at radius 3 is 2.58 bits per heavy atom. The van der Waals surface area contributed by atoms with Crippen LogP contribution >= 0.6 is 0 Å². The Kier molecular flexibility index (Phi) is 6.24. The van der Waals surface area contributed by atoms with Crippen LogP contribution in [0, 0.1) is 4.91 Å². The van der Waals surface area contributed by atoms with Gasteiger partial charge < -0.3 is 4.74 Å². The highest BCUT2D eigenvalue weighted by atomic mass is 16.5. The highest BCUT2D eigenvalue weighted by Gasteiger charge is 2.19. The van der Waals surface area contributed by atoms with E-state index >= 15 is 0 Å². The van der Waals surface area contributed by atoms with Gasteiger partial charge >= 0.3 is 5.97 Å². The van der Waals surface area contributed by atoms with Crippen LogP contribution in [0.2, 0.25) is 0 Å². The van der Waals surface area contributed by atoms with E-state index < -0.39 is 12.0 Å². The fraction of sp³-hybridized carbons (Fsp3) is 0.875. The van der Waals surface area contributed by atoms with E-state index in [-0.39, 0.29) is 0 Å². The fourth-order valence-electron chi connectivity index (χ4n) is 0.850. The lowest BCUT2D eigenvalue weighted by molar-refractivity contribution is -0.144. The maximum Gasteiger partial charge on any atom is 0.334 e. The number of esters is 1. The first-order chi connectivity index (χ1) is 5.76. The van der Waals surface area contributed by atoms with Gasteiger partial charge in [0.2, 0.25) is 0 Å². The van der Waals surface area contributed by atoms with Gasteiger partial charge in [-0.05, 0) is 13.3 Å². The van der Waals surface area contributed by atoms with E-state index in [1.54, 1.807) is 6.92 Å². The highest BCUT2D eigenvalue weighted by molar-refractivity contribution is 5.75. The molecule has 0 saturated heterocycles. The van der Waals surface area contributed by atoms with Crippen LogP contribution in [0.5, 0.6) is 0 Å². The molecule has 0 aromatic carbocycles. The third-order valence-electron chi connectivity index (χ3n) is 1.52. The Morgan fingerprint density at radius 2 is 2.17 bits per heavy atom. The van der Waals surface area contributed by atoms with Crippen LogP contribution in [0.15, 0.2) is 5.18 Å². The van der Waals surface area contributed by atoms with Crippen LogP contribution in [0.3, 0.4) is 0 Å². The number of carbonyl (C=O) groups excluding carboxylic acids is 1.